The normalized spacial score (nSPS) is 13.1. The zero-order valence-corrected chi connectivity index (χ0v) is 16.6. The van der Waals surface area contributed by atoms with Crippen LogP contribution in [0.4, 0.5) is 0 Å². The Hall–Kier alpha value is -2.34. The van der Waals surface area contributed by atoms with Gasteiger partial charge in [0.25, 0.3) is 11.8 Å². The quantitative estimate of drug-likeness (QED) is 0.825. The lowest BCUT2D eigenvalue weighted by Crippen LogP contribution is -2.33. The third-order valence-corrected chi connectivity index (χ3v) is 5.19. The highest BCUT2D eigenvalue weighted by Gasteiger charge is 2.28. The minimum absolute atomic E-state index is 0.111. The number of hydrogen-bond donors (Lipinski definition) is 1. The number of carbonyl (C=O) groups excluding carboxylic acids is 2. The van der Waals surface area contributed by atoms with Crippen LogP contribution in [0.3, 0.4) is 0 Å². The summed E-state index contributed by atoms with van der Waals surface area (Å²) in [4.78, 5) is 31.8. The van der Waals surface area contributed by atoms with Crippen LogP contribution in [0.2, 0.25) is 5.02 Å². The fraction of sp³-hybridized carbons (Fsp3) is 0.450. The van der Waals surface area contributed by atoms with Crippen LogP contribution in [-0.4, -0.2) is 39.4 Å². The van der Waals surface area contributed by atoms with Crippen LogP contribution < -0.4 is 5.32 Å². The Morgan fingerprint density at radius 3 is 2.56 bits per heavy atom. The highest BCUT2D eigenvalue weighted by molar-refractivity contribution is 6.30. The molecule has 144 valence electrons. The molecule has 1 aliphatic rings. The number of carbonyl (C=O) groups is 2. The van der Waals surface area contributed by atoms with E-state index >= 15 is 0 Å². The van der Waals surface area contributed by atoms with Crippen molar-refractivity contribution in [1.82, 2.24) is 19.8 Å². The molecule has 0 fully saturated rings. The van der Waals surface area contributed by atoms with Gasteiger partial charge in [-0.25, -0.2) is 4.98 Å². The van der Waals surface area contributed by atoms with Crippen molar-refractivity contribution >= 4 is 23.4 Å². The van der Waals surface area contributed by atoms with E-state index in [0.717, 1.165) is 37.1 Å². The molecule has 2 amide bonds. The summed E-state index contributed by atoms with van der Waals surface area (Å²) >= 11 is 5.90. The molecule has 3 rings (SSSR count). The van der Waals surface area contributed by atoms with Gasteiger partial charge in [-0.3, -0.25) is 9.59 Å². The average Bonchev–Trinajstić information content (AvgIpc) is 3.08. The number of nitrogens with zero attached hydrogens (tertiary/aromatic N) is 3. The summed E-state index contributed by atoms with van der Waals surface area (Å²) < 4.78 is 1.93. The molecule has 1 aliphatic heterocycles. The van der Waals surface area contributed by atoms with Crippen LogP contribution in [-0.2, 0) is 19.5 Å². The number of rotatable bonds is 6. The molecule has 6 nitrogen and oxygen atoms in total. The first-order chi connectivity index (χ1) is 13.0. The summed E-state index contributed by atoms with van der Waals surface area (Å²) in [5, 5.41) is 3.57. The first-order valence-corrected chi connectivity index (χ1v) is 9.84. The van der Waals surface area contributed by atoms with Crippen LogP contribution >= 0.6 is 11.6 Å². The Bertz CT molecular complexity index is 825. The van der Waals surface area contributed by atoms with E-state index in [9.17, 15) is 9.59 Å². The second-order valence-electron chi connectivity index (χ2n) is 6.63. The van der Waals surface area contributed by atoms with Crippen molar-refractivity contribution in [3.05, 3.63) is 52.1 Å². The number of halogens is 1. The van der Waals surface area contributed by atoms with Crippen LogP contribution in [0.1, 0.15) is 59.1 Å². The largest absolute Gasteiger partial charge is 0.347 e. The molecule has 0 atom stereocenters. The summed E-state index contributed by atoms with van der Waals surface area (Å²) in [7, 11) is 0. The van der Waals surface area contributed by atoms with Gasteiger partial charge in [-0.15, -0.1) is 0 Å². The van der Waals surface area contributed by atoms with E-state index in [1.807, 2.05) is 30.5 Å². The summed E-state index contributed by atoms with van der Waals surface area (Å²) in [6, 6.07) is 7.34. The fourth-order valence-corrected chi connectivity index (χ4v) is 3.53. The molecule has 0 unspecified atom stereocenters. The predicted octanol–water partition coefficient (Wildman–Crippen LogP) is 3.28. The van der Waals surface area contributed by atoms with Crippen molar-refractivity contribution in [2.24, 2.45) is 0 Å². The maximum absolute atomic E-state index is 12.8. The Morgan fingerprint density at radius 1 is 1.19 bits per heavy atom. The van der Waals surface area contributed by atoms with E-state index < -0.39 is 0 Å². The molecule has 1 N–H and O–H groups in total. The zero-order chi connectivity index (χ0) is 19.4. The monoisotopic (exact) mass is 388 g/mol. The average molecular weight is 389 g/mol. The van der Waals surface area contributed by atoms with Gasteiger partial charge in [0.2, 0.25) is 0 Å². The highest BCUT2D eigenvalue weighted by Crippen LogP contribution is 2.22. The van der Waals surface area contributed by atoms with E-state index in [1.54, 1.807) is 17.0 Å². The van der Waals surface area contributed by atoms with E-state index in [-0.39, 0.29) is 11.8 Å². The minimum atomic E-state index is -0.241. The van der Waals surface area contributed by atoms with Gasteiger partial charge in [0.1, 0.15) is 5.69 Å². The molecule has 2 heterocycles. The fourth-order valence-electron chi connectivity index (χ4n) is 3.41. The van der Waals surface area contributed by atoms with Gasteiger partial charge < -0.3 is 14.8 Å². The smallest absolute Gasteiger partial charge is 0.289 e. The van der Waals surface area contributed by atoms with Crippen LogP contribution in [0.15, 0.2) is 24.3 Å². The summed E-state index contributed by atoms with van der Waals surface area (Å²) in [6.45, 7) is 6.25. The molecule has 0 bridgehead atoms. The first kappa shape index (κ1) is 19.4. The number of hydrogen-bond acceptors (Lipinski definition) is 3. The maximum atomic E-state index is 12.8. The third kappa shape index (κ3) is 4.16. The van der Waals surface area contributed by atoms with E-state index in [2.05, 4.69) is 10.3 Å². The van der Waals surface area contributed by atoms with Crippen molar-refractivity contribution in [2.75, 3.05) is 13.1 Å². The number of benzene rings is 1. The van der Waals surface area contributed by atoms with Gasteiger partial charge >= 0.3 is 0 Å². The summed E-state index contributed by atoms with van der Waals surface area (Å²) in [5.41, 5.74) is 2.20. The molecular weight excluding hydrogens is 364 g/mol. The predicted molar refractivity (Wildman–Crippen MR) is 105 cm³/mol. The van der Waals surface area contributed by atoms with Crippen molar-refractivity contribution in [3.8, 4) is 0 Å². The van der Waals surface area contributed by atoms with Crippen LogP contribution in [0, 0.1) is 0 Å². The topological polar surface area (TPSA) is 67.2 Å². The van der Waals surface area contributed by atoms with Gasteiger partial charge in [0.15, 0.2) is 5.82 Å². The lowest BCUT2D eigenvalue weighted by atomic mass is 10.1. The second kappa shape index (κ2) is 8.57. The molecule has 0 radical (unpaired) electrons. The van der Waals surface area contributed by atoms with Crippen molar-refractivity contribution in [1.29, 1.82) is 0 Å². The Balaban J connectivity index is 1.83. The number of aromatic nitrogens is 2. The number of amides is 2. The van der Waals surface area contributed by atoms with Crippen LogP contribution in [0.25, 0.3) is 0 Å². The van der Waals surface area contributed by atoms with Crippen molar-refractivity contribution in [3.63, 3.8) is 0 Å². The zero-order valence-electron chi connectivity index (χ0n) is 15.8. The maximum Gasteiger partial charge on any atom is 0.289 e. The Morgan fingerprint density at radius 2 is 1.89 bits per heavy atom. The van der Waals surface area contributed by atoms with Gasteiger partial charge in [-0.1, -0.05) is 23.7 Å². The molecule has 7 heteroatoms. The van der Waals surface area contributed by atoms with Gasteiger partial charge in [0, 0.05) is 31.2 Å². The molecule has 27 heavy (non-hydrogen) atoms. The van der Waals surface area contributed by atoms with Crippen molar-refractivity contribution in [2.45, 2.75) is 46.2 Å². The Kier molecular flexibility index (Phi) is 6.16. The summed E-state index contributed by atoms with van der Waals surface area (Å²) in [5.74, 6) is 0.0270. The number of nitrogens with one attached hydrogen (secondary N) is 1. The van der Waals surface area contributed by atoms with E-state index in [4.69, 9.17) is 11.6 Å². The summed E-state index contributed by atoms with van der Waals surface area (Å²) in [6.07, 6.45) is 2.76. The minimum Gasteiger partial charge on any atom is -0.347 e. The van der Waals surface area contributed by atoms with Gasteiger partial charge in [-0.05, 0) is 50.8 Å². The molecule has 2 aromatic rings. The lowest BCUT2D eigenvalue weighted by molar-refractivity contribution is 0.0754. The molecule has 1 aromatic carbocycles. The molecule has 1 aromatic heterocycles. The van der Waals surface area contributed by atoms with Crippen molar-refractivity contribution < 1.29 is 9.59 Å². The molecule has 0 saturated heterocycles. The highest BCUT2D eigenvalue weighted by atomic mass is 35.5. The van der Waals surface area contributed by atoms with Crippen LogP contribution in [0.5, 0.6) is 0 Å². The molecule has 0 aliphatic carbocycles. The van der Waals surface area contributed by atoms with Gasteiger partial charge in [-0.2, -0.15) is 0 Å². The molecule has 0 saturated carbocycles. The Labute approximate surface area is 164 Å². The molecular formula is C20H25ClN4O2. The SMILES string of the molecule is CCN(CC)C(=O)c1nc(C(=O)NCc2ccc(Cl)cc2)c2n1CCCC2. The first-order valence-electron chi connectivity index (χ1n) is 9.46. The standard InChI is InChI=1S/C20H25ClN4O2/c1-3-24(4-2)20(27)18-23-17(16-7-5-6-12-25(16)18)19(26)22-13-14-8-10-15(21)11-9-14/h8-11H,3-7,12-13H2,1-2H3,(H,22,26). The van der Waals surface area contributed by atoms with E-state index in [1.165, 1.54) is 0 Å². The number of imidazole rings is 1. The molecule has 0 spiro atoms. The van der Waals surface area contributed by atoms with E-state index in [0.29, 0.717) is 36.2 Å². The number of fused-ring (bicyclic) bond motifs is 1. The van der Waals surface area contributed by atoms with Gasteiger partial charge in [0.05, 0.1) is 5.69 Å². The lowest BCUT2D eigenvalue weighted by Gasteiger charge is -2.21. The second-order valence-corrected chi connectivity index (χ2v) is 7.06. The third-order valence-electron chi connectivity index (χ3n) is 4.94.